The molecule has 0 radical (unpaired) electrons. The van der Waals surface area contributed by atoms with E-state index in [1.807, 2.05) is 30.1 Å². The first kappa shape index (κ1) is 24.0. The average molecular weight is 431 g/mol. The third-order valence-electron chi connectivity index (χ3n) is 4.74. The lowest BCUT2D eigenvalue weighted by Gasteiger charge is -2.22. The van der Waals surface area contributed by atoms with Gasteiger partial charge in [0.15, 0.2) is 17.5 Å². The number of ether oxygens (including phenoxy) is 2. The van der Waals surface area contributed by atoms with Gasteiger partial charge in [0.2, 0.25) is 5.91 Å². The zero-order valence-corrected chi connectivity index (χ0v) is 18.6. The molecule has 2 aromatic carbocycles. The summed E-state index contributed by atoms with van der Waals surface area (Å²) in [7, 11) is 6.91. The fourth-order valence-corrected chi connectivity index (χ4v) is 3.09. The Balaban J connectivity index is 1.74. The zero-order chi connectivity index (χ0) is 22.6. The van der Waals surface area contributed by atoms with Crippen LogP contribution >= 0.6 is 0 Å². The van der Waals surface area contributed by atoms with Crippen molar-refractivity contribution in [1.29, 1.82) is 0 Å². The largest absolute Gasteiger partial charge is 0.493 e. The predicted molar refractivity (Wildman–Crippen MR) is 120 cm³/mol. The van der Waals surface area contributed by atoms with Crippen molar-refractivity contribution in [2.45, 2.75) is 12.8 Å². The van der Waals surface area contributed by atoms with E-state index in [1.165, 1.54) is 12.1 Å². The zero-order valence-electron chi connectivity index (χ0n) is 18.6. The highest BCUT2D eigenvalue weighted by Crippen LogP contribution is 2.27. The minimum absolute atomic E-state index is 0.149. The number of nitrogens with zero attached hydrogens (tertiary/aromatic N) is 2. The van der Waals surface area contributed by atoms with E-state index in [9.17, 15) is 9.18 Å². The maximum Gasteiger partial charge on any atom is 0.224 e. The second-order valence-electron chi connectivity index (χ2n) is 6.99. The van der Waals surface area contributed by atoms with Gasteiger partial charge in [-0.1, -0.05) is 18.2 Å². The normalized spacial score (nSPS) is 11.1. The van der Waals surface area contributed by atoms with Gasteiger partial charge in [-0.3, -0.25) is 9.79 Å². The van der Waals surface area contributed by atoms with Crippen LogP contribution in [0.5, 0.6) is 11.5 Å². The fraction of sp³-hybridized carbons (Fsp3) is 0.391. The summed E-state index contributed by atoms with van der Waals surface area (Å²) in [6.07, 6.45) is 0.958. The highest BCUT2D eigenvalue weighted by molar-refractivity contribution is 5.80. The molecule has 2 N–H and O–H groups in total. The molecular formula is C23H31FN4O3. The van der Waals surface area contributed by atoms with Crippen molar-refractivity contribution in [2.75, 3.05) is 47.9 Å². The molecule has 0 atom stereocenters. The highest BCUT2D eigenvalue weighted by Gasteiger charge is 2.09. The van der Waals surface area contributed by atoms with Crippen molar-refractivity contribution in [2.24, 2.45) is 4.99 Å². The van der Waals surface area contributed by atoms with Crippen LogP contribution in [0.1, 0.15) is 11.1 Å². The first-order valence-corrected chi connectivity index (χ1v) is 10.1. The van der Waals surface area contributed by atoms with Gasteiger partial charge in [0.1, 0.15) is 5.82 Å². The molecule has 0 aliphatic carbocycles. The van der Waals surface area contributed by atoms with Crippen molar-refractivity contribution in [3.63, 3.8) is 0 Å². The lowest BCUT2D eigenvalue weighted by Crippen LogP contribution is -2.43. The Hall–Kier alpha value is -3.29. The van der Waals surface area contributed by atoms with E-state index in [4.69, 9.17) is 9.47 Å². The SMILES string of the molecule is CN=C(NCCNC(=O)Cc1cccc(F)c1)N(C)CCc1ccc(OC)c(OC)c1. The number of likely N-dealkylation sites (N-methyl/N-ethyl adjacent to an activating group) is 1. The summed E-state index contributed by atoms with van der Waals surface area (Å²) in [4.78, 5) is 18.3. The van der Waals surface area contributed by atoms with Crippen molar-refractivity contribution in [1.82, 2.24) is 15.5 Å². The molecule has 0 spiro atoms. The molecule has 2 aromatic rings. The molecule has 0 fully saturated rings. The maximum absolute atomic E-state index is 13.2. The summed E-state index contributed by atoms with van der Waals surface area (Å²) in [6.45, 7) is 1.72. The highest BCUT2D eigenvalue weighted by atomic mass is 19.1. The van der Waals surface area contributed by atoms with Crippen LogP contribution < -0.4 is 20.1 Å². The van der Waals surface area contributed by atoms with Gasteiger partial charge in [-0.25, -0.2) is 4.39 Å². The lowest BCUT2D eigenvalue weighted by molar-refractivity contribution is -0.120. The number of amides is 1. The van der Waals surface area contributed by atoms with E-state index >= 15 is 0 Å². The Labute approximate surface area is 183 Å². The molecule has 168 valence electrons. The van der Waals surface area contributed by atoms with Crippen LogP contribution in [0.2, 0.25) is 0 Å². The van der Waals surface area contributed by atoms with Crippen LogP contribution in [0.15, 0.2) is 47.5 Å². The predicted octanol–water partition coefficient (Wildman–Crippen LogP) is 2.25. The molecule has 2 rings (SSSR count). The third kappa shape index (κ3) is 7.81. The van der Waals surface area contributed by atoms with Gasteiger partial charge in [0, 0.05) is 33.7 Å². The molecule has 7 nitrogen and oxygen atoms in total. The molecule has 0 aliphatic rings. The minimum Gasteiger partial charge on any atom is -0.493 e. The van der Waals surface area contributed by atoms with Gasteiger partial charge in [-0.15, -0.1) is 0 Å². The molecule has 0 saturated carbocycles. The van der Waals surface area contributed by atoms with E-state index in [2.05, 4.69) is 15.6 Å². The van der Waals surface area contributed by atoms with E-state index in [0.29, 0.717) is 30.2 Å². The smallest absolute Gasteiger partial charge is 0.224 e. The molecule has 0 aliphatic heterocycles. The van der Waals surface area contributed by atoms with E-state index < -0.39 is 0 Å². The number of carbonyl (C=O) groups is 1. The number of rotatable bonds is 10. The van der Waals surface area contributed by atoms with Crippen LogP contribution in [0.3, 0.4) is 0 Å². The Morgan fingerprint density at radius 3 is 2.45 bits per heavy atom. The third-order valence-corrected chi connectivity index (χ3v) is 4.74. The molecule has 8 heteroatoms. The Morgan fingerprint density at radius 2 is 1.77 bits per heavy atom. The van der Waals surface area contributed by atoms with Gasteiger partial charge in [0.25, 0.3) is 0 Å². The monoisotopic (exact) mass is 430 g/mol. The Morgan fingerprint density at radius 1 is 1.03 bits per heavy atom. The molecule has 0 unspecified atom stereocenters. The second kappa shape index (κ2) is 12.4. The Bertz CT molecular complexity index is 889. The summed E-state index contributed by atoms with van der Waals surface area (Å²) >= 11 is 0. The lowest BCUT2D eigenvalue weighted by atomic mass is 10.1. The summed E-state index contributed by atoms with van der Waals surface area (Å²) in [6, 6.07) is 11.9. The van der Waals surface area contributed by atoms with Gasteiger partial charge in [-0.05, 0) is 41.8 Å². The number of hydrogen-bond donors (Lipinski definition) is 2. The maximum atomic E-state index is 13.2. The van der Waals surface area contributed by atoms with Crippen LogP contribution in [0.25, 0.3) is 0 Å². The second-order valence-corrected chi connectivity index (χ2v) is 6.99. The topological polar surface area (TPSA) is 75.2 Å². The number of methoxy groups -OCH3 is 2. The molecule has 0 saturated heterocycles. The van der Waals surface area contributed by atoms with Gasteiger partial charge >= 0.3 is 0 Å². The number of halogens is 1. The molecule has 0 bridgehead atoms. The molecule has 31 heavy (non-hydrogen) atoms. The van der Waals surface area contributed by atoms with Crippen molar-refractivity contribution < 1.29 is 18.7 Å². The standard InChI is InChI=1S/C23H31FN4O3/c1-25-23(27-12-11-26-22(29)16-18-6-5-7-19(24)14-18)28(2)13-10-17-8-9-20(30-3)21(15-17)31-4/h5-9,14-15H,10-13,16H2,1-4H3,(H,25,27)(H,26,29). The summed E-state index contributed by atoms with van der Waals surface area (Å²) in [5.41, 5.74) is 1.78. The number of aliphatic imine (C=N–C) groups is 1. The Kier molecular flexibility index (Phi) is 9.61. The summed E-state index contributed by atoms with van der Waals surface area (Å²) in [5, 5.41) is 6.06. The number of nitrogens with one attached hydrogen (secondary N) is 2. The van der Waals surface area contributed by atoms with E-state index in [0.717, 1.165) is 24.5 Å². The van der Waals surface area contributed by atoms with Crippen LogP contribution in [-0.2, 0) is 17.6 Å². The van der Waals surface area contributed by atoms with Crippen molar-refractivity contribution >= 4 is 11.9 Å². The van der Waals surface area contributed by atoms with Crippen LogP contribution in [0, 0.1) is 5.82 Å². The van der Waals surface area contributed by atoms with E-state index in [1.54, 1.807) is 33.4 Å². The first-order chi connectivity index (χ1) is 15.0. The van der Waals surface area contributed by atoms with Crippen LogP contribution in [-0.4, -0.2) is 64.7 Å². The quantitative estimate of drug-likeness (QED) is 0.344. The summed E-state index contributed by atoms with van der Waals surface area (Å²) in [5.74, 6) is 1.66. The number of hydrogen-bond acceptors (Lipinski definition) is 4. The minimum atomic E-state index is -0.341. The number of guanidine groups is 1. The number of carbonyl (C=O) groups excluding carboxylic acids is 1. The van der Waals surface area contributed by atoms with Crippen molar-refractivity contribution in [3.05, 3.63) is 59.4 Å². The van der Waals surface area contributed by atoms with Gasteiger partial charge in [0.05, 0.1) is 20.6 Å². The molecular weight excluding hydrogens is 399 g/mol. The average Bonchev–Trinajstić information content (AvgIpc) is 2.77. The molecule has 0 heterocycles. The van der Waals surface area contributed by atoms with Gasteiger partial charge < -0.3 is 25.0 Å². The molecule has 1 amide bonds. The molecule has 0 aromatic heterocycles. The number of benzene rings is 2. The van der Waals surface area contributed by atoms with Gasteiger partial charge in [-0.2, -0.15) is 0 Å². The van der Waals surface area contributed by atoms with Crippen LogP contribution in [0.4, 0.5) is 4.39 Å². The first-order valence-electron chi connectivity index (χ1n) is 10.1. The fourth-order valence-electron chi connectivity index (χ4n) is 3.09. The van der Waals surface area contributed by atoms with Crippen molar-refractivity contribution in [3.8, 4) is 11.5 Å². The summed E-state index contributed by atoms with van der Waals surface area (Å²) < 4.78 is 23.8. The van der Waals surface area contributed by atoms with E-state index in [-0.39, 0.29) is 18.1 Å².